The van der Waals surface area contributed by atoms with Gasteiger partial charge in [0.15, 0.2) is 0 Å². The van der Waals surface area contributed by atoms with Crippen LogP contribution in [0, 0.1) is 12.3 Å². The van der Waals surface area contributed by atoms with E-state index in [1.54, 1.807) is 0 Å². The highest BCUT2D eigenvalue weighted by atomic mass is 16.3. The second-order valence-electron chi connectivity index (χ2n) is 7.56. The van der Waals surface area contributed by atoms with Gasteiger partial charge in [0.05, 0.1) is 5.60 Å². The van der Waals surface area contributed by atoms with Gasteiger partial charge in [-0.1, -0.05) is 54.8 Å². The van der Waals surface area contributed by atoms with Crippen LogP contribution in [0.5, 0.6) is 0 Å². The van der Waals surface area contributed by atoms with E-state index in [1.807, 2.05) is 24.3 Å². The van der Waals surface area contributed by atoms with E-state index in [0.717, 1.165) is 30.5 Å². The molecule has 2 aromatic carbocycles. The van der Waals surface area contributed by atoms with Crippen LogP contribution >= 0.6 is 0 Å². The fourth-order valence-corrected chi connectivity index (χ4v) is 4.69. The maximum atomic E-state index is 11.4. The molecule has 25 heavy (non-hydrogen) atoms. The molecule has 0 spiro atoms. The third kappa shape index (κ3) is 3.23. The minimum Gasteiger partial charge on any atom is -0.385 e. The van der Waals surface area contributed by atoms with Gasteiger partial charge in [0.2, 0.25) is 0 Å². The van der Waals surface area contributed by atoms with Crippen molar-refractivity contribution in [2.45, 2.75) is 56.3 Å². The number of piperidine rings is 2. The molecule has 0 radical (unpaired) electrons. The summed E-state index contributed by atoms with van der Waals surface area (Å²) < 4.78 is 0. The molecule has 4 rings (SSSR count). The number of hydrogen-bond donors (Lipinski definition) is 1. The van der Waals surface area contributed by atoms with Crippen LogP contribution in [0.1, 0.15) is 48.8 Å². The van der Waals surface area contributed by atoms with Crippen molar-refractivity contribution in [1.82, 2.24) is 4.90 Å². The second kappa shape index (κ2) is 6.67. The minimum atomic E-state index is -0.726. The first kappa shape index (κ1) is 16.4. The average Bonchev–Trinajstić information content (AvgIpc) is 2.64. The van der Waals surface area contributed by atoms with E-state index in [9.17, 15) is 5.11 Å². The Bertz CT molecular complexity index is 745. The summed E-state index contributed by atoms with van der Waals surface area (Å²) in [5.41, 5.74) is 2.52. The average molecular weight is 331 g/mol. The van der Waals surface area contributed by atoms with Crippen LogP contribution in [0.15, 0.2) is 54.6 Å². The topological polar surface area (TPSA) is 23.5 Å². The van der Waals surface area contributed by atoms with E-state index in [0.29, 0.717) is 12.1 Å². The summed E-state index contributed by atoms with van der Waals surface area (Å²) in [6, 6.07) is 19.5. The van der Waals surface area contributed by atoms with Crippen molar-refractivity contribution in [2.24, 2.45) is 0 Å². The molecule has 128 valence electrons. The highest BCUT2D eigenvalue weighted by molar-refractivity contribution is 5.36. The van der Waals surface area contributed by atoms with Gasteiger partial charge in [-0.2, -0.15) is 0 Å². The lowest BCUT2D eigenvalue weighted by Gasteiger charge is -2.52. The molecule has 2 saturated heterocycles. The van der Waals surface area contributed by atoms with Crippen molar-refractivity contribution in [3.63, 3.8) is 0 Å². The van der Waals surface area contributed by atoms with Crippen LogP contribution in [0.3, 0.4) is 0 Å². The molecule has 2 fully saturated rings. The van der Waals surface area contributed by atoms with Gasteiger partial charge in [-0.3, -0.25) is 4.90 Å². The largest absolute Gasteiger partial charge is 0.385 e. The van der Waals surface area contributed by atoms with Crippen molar-refractivity contribution < 1.29 is 5.11 Å². The van der Waals surface area contributed by atoms with Crippen molar-refractivity contribution in [2.75, 3.05) is 0 Å². The predicted molar refractivity (Wildman–Crippen MR) is 101 cm³/mol. The monoisotopic (exact) mass is 331 g/mol. The van der Waals surface area contributed by atoms with Gasteiger partial charge < -0.3 is 5.11 Å². The Labute approximate surface area is 150 Å². The van der Waals surface area contributed by atoms with Gasteiger partial charge in [-0.05, 0) is 48.9 Å². The third-order valence-electron chi connectivity index (χ3n) is 5.96. The first-order valence-electron chi connectivity index (χ1n) is 9.27. The highest BCUT2D eigenvalue weighted by Gasteiger charge is 2.46. The molecule has 1 N–H and O–H groups in total. The van der Waals surface area contributed by atoms with Crippen molar-refractivity contribution in [3.05, 3.63) is 71.3 Å². The molecule has 2 heteroatoms. The minimum absolute atomic E-state index is 0.449. The van der Waals surface area contributed by atoms with Gasteiger partial charge in [-0.25, -0.2) is 0 Å². The lowest BCUT2D eigenvalue weighted by Crippen LogP contribution is -2.56. The van der Waals surface area contributed by atoms with Crippen LogP contribution in [0.4, 0.5) is 0 Å². The normalized spacial score (nSPS) is 29.1. The lowest BCUT2D eigenvalue weighted by atomic mass is 9.72. The van der Waals surface area contributed by atoms with E-state index >= 15 is 0 Å². The molecule has 0 amide bonds. The van der Waals surface area contributed by atoms with Gasteiger partial charge in [0.1, 0.15) is 0 Å². The van der Waals surface area contributed by atoms with Crippen molar-refractivity contribution in [1.29, 1.82) is 0 Å². The van der Waals surface area contributed by atoms with E-state index in [1.165, 1.54) is 24.8 Å². The van der Waals surface area contributed by atoms with Crippen molar-refractivity contribution in [3.8, 4) is 12.3 Å². The number of terminal acetylenes is 1. The summed E-state index contributed by atoms with van der Waals surface area (Å²) in [7, 11) is 0. The molecule has 0 aliphatic carbocycles. The summed E-state index contributed by atoms with van der Waals surface area (Å²) >= 11 is 0. The SMILES string of the molecule is C#Cc1ccc(C2(O)CC3CCCC(C2)N3Cc2ccccc2)cc1. The van der Waals surface area contributed by atoms with Crippen LogP contribution < -0.4 is 0 Å². The molecular weight excluding hydrogens is 306 g/mol. The van der Waals surface area contributed by atoms with Crippen LogP contribution in [-0.4, -0.2) is 22.1 Å². The Kier molecular flexibility index (Phi) is 4.37. The number of aliphatic hydroxyl groups is 1. The molecule has 0 saturated carbocycles. The first-order valence-corrected chi connectivity index (χ1v) is 9.27. The molecule has 2 unspecified atom stereocenters. The zero-order chi connectivity index (χ0) is 17.3. The predicted octanol–water partition coefficient (Wildman–Crippen LogP) is 4.07. The number of hydrogen-bond acceptors (Lipinski definition) is 2. The maximum absolute atomic E-state index is 11.4. The Morgan fingerprint density at radius 3 is 2.24 bits per heavy atom. The summed E-state index contributed by atoms with van der Waals surface area (Å²) in [4.78, 5) is 2.63. The fraction of sp³-hybridized carbons (Fsp3) is 0.391. The number of nitrogens with zero attached hydrogens (tertiary/aromatic N) is 1. The van der Waals surface area contributed by atoms with Crippen molar-refractivity contribution >= 4 is 0 Å². The Morgan fingerprint density at radius 1 is 1.00 bits per heavy atom. The quantitative estimate of drug-likeness (QED) is 0.857. The van der Waals surface area contributed by atoms with E-state index in [4.69, 9.17) is 6.42 Å². The molecule has 2 aromatic rings. The molecule has 0 aromatic heterocycles. The maximum Gasteiger partial charge on any atom is 0.0926 e. The van der Waals surface area contributed by atoms with Gasteiger partial charge in [0.25, 0.3) is 0 Å². The Hall–Kier alpha value is -2.08. The summed E-state index contributed by atoms with van der Waals surface area (Å²) in [5.74, 6) is 2.65. The van der Waals surface area contributed by atoms with Crippen LogP contribution in [0.25, 0.3) is 0 Å². The van der Waals surface area contributed by atoms with Crippen LogP contribution in [0.2, 0.25) is 0 Å². The molecule has 2 heterocycles. The second-order valence-corrected chi connectivity index (χ2v) is 7.56. The van der Waals surface area contributed by atoms with E-state index in [2.05, 4.69) is 41.2 Å². The summed E-state index contributed by atoms with van der Waals surface area (Å²) in [5, 5.41) is 11.4. The summed E-state index contributed by atoms with van der Waals surface area (Å²) in [6.07, 6.45) is 10.7. The standard InChI is InChI=1S/C23H25NO/c1-2-18-11-13-20(14-12-18)23(25)15-21-9-6-10-22(16-23)24(21)17-19-7-4-3-5-8-19/h1,3-5,7-8,11-14,21-22,25H,6,9-10,15-17H2. The number of rotatable bonds is 3. The number of fused-ring (bicyclic) bond motifs is 2. The van der Waals surface area contributed by atoms with E-state index < -0.39 is 5.60 Å². The fourth-order valence-electron chi connectivity index (χ4n) is 4.69. The zero-order valence-electron chi connectivity index (χ0n) is 14.6. The van der Waals surface area contributed by atoms with Crippen LogP contribution in [-0.2, 0) is 12.1 Å². The van der Waals surface area contributed by atoms with Gasteiger partial charge >= 0.3 is 0 Å². The molecule has 2 nitrogen and oxygen atoms in total. The number of benzene rings is 2. The lowest BCUT2D eigenvalue weighted by molar-refractivity contribution is -0.0999. The summed E-state index contributed by atoms with van der Waals surface area (Å²) in [6.45, 7) is 0.988. The molecule has 2 atom stereocenters. The molecule has 2 aliphatic rings. The Balaban J connectivity index is 1.56. The first-order chi connectivity index (χ1) is 12.2. The smallest absolute Gasteiger partial charge is 0.0926 e. The third-order valence-corrected chi connectivity index (χ3v) is 5.96. The molecule has 2 aliphatic heterocycles. The highest BCUT2D eigenvalue weighted by Crippen LogP contribution is 2.44. The molecule has 2 bridgehead atoms. The molecular formula is C23H25NO. The van der Waals surface area contributed by atoms with Gasteiger partial charge in [0, 0.05) is 24.2 Å². The van der Waals surface area contributed by atoms with Gasteiger partial charge in [-0.15, -0.1) is 6.42 Å². The van der Waals surface area contributed by atoms with E-state index in [-0.39, 0.29) is 0 Å². The Morgan fingerprint density at radius 2 is 1.64 bits per heavy atom. The zero-order valence-corrected chi connectivity index (χ0v) is 14.6.